The van der Waals surface area contributed by atoms with E-state index in [4.69, 9.17) is 4.74 Å². The number of nitrogens with one attached hydrogen (secondary N) is 1. The van der Waals surface area contributed by atoms with Gasteiger partial charge in [-0.25, -0.2) is 4.79 Å². The van der Waals surface area contributed by atoms with Crippen LogP contribution in [0.15, 0.2) is 15.9 Å². The number of carbonyl (C=O) groups excluding carboxylic acids is 1. The highest BCUT2D eigenvalue weighted by molar-refractivity contribution is 9.10. The van der Waals surface area contributed by atoms with Crippen molar-refractivity contribution in [3.05, 3.63) is 20.8 Å². The van der Waals surface area contributed by atoms with E-state index in [1.807, 2.05) is 25.7 Å². The SMILES string of the molecule is CCC1(CNC(C)c2sccc2Br)CCN(C(=O)OC(C)(C)C)CC1. The summed E-state index contributed by atoms with van der Waals surface area (Å²) in [5, 5.41) is 5.83. The summed E-state index contributed by atoms with van der Waals surface area (Å²) >= 11 is 5.40. The van der Waals surface area contributed by atoms with E-state index in [0.717, 1.165) is 38.9 Å². The predicted octanol–water partition coefficient (Wildman–Crippen LogP) is 5.59. The summed E-state index contributed by atoms with van der Waals surface area (Å²) in [5.41, 5.74) is -0.169. The Kier molecular flexibility index (Phi) is 6.96. The normalized spacial score (nSPS) is 18.9. The molecule has 1 atom stereocenters. The number of nitrogens with zero attached hydrogens (tertiary/aromatic N) is 1. The van der Waals surface area contributed by atoms with Gasteiger partial charge in [-0.15, -0.1) is 11.3 Å². The standard InChI is InChI=1S/C19H31BrN2O2S/c1-6-19(13-21-14(2)16-15(20)7-12-25-16)8-10-22(11-9-19)17(23)24-18(3,4)5/h7,12,14,21H,6,8-11,13H2,1-5H3. The van der Waals surface area contributed by atoms with Crippen LogP contribution in [0.1, 0.15) is 64.8 Å². The highest BCUT2D eigenvalue weighted by atomic mass is 79.9. The lowest BCUT2D eigenvalue weighted by Crippen LogP contribution is -2.48. The second-order valence-corrected chi connectivity index (χ2v) is 9.86. The van der Waals surface area contributed by atoms with Crippen molar-refractivity contribution in [2.75, 3.05) is 19.6 Å². The van der Waals surface area contributed by atoms with Gasteiger partial charge in [0.25, 0.3) is 0 Å². The fraction of sp³-hybridized carbons (Fsp3) is 0.737. The van der Waals surface area contributed by atoms with Crippen molar-refractivity contribution in [1.29, 1.82) is 0 Å². The quantitative estimate of drug-likeness (QED) is 0.661. The molecule has 2 rings (SSSR count). The van der Waals surface area contributed by atoms with Gasteiger partial charge in [0.2, 0.25) is 0 Å². The van der Waals surface area contributed by atoms with Crippen LogP contribution < -0.4 is 5.32 Å². The molecule has 0 spiro atoms. The summed E-state index contributed by atoms with van der Waals surface area (Å²) in [6.07, 6.45) is 2.99. The zero-order chi connectivity index (χ0) is 18.7. The molecule has 2 heterocycles. The Morgan fingerprint density at radius 1 is 1.44 bits per heavy atom. The summed E-state index contributed by atoms with van der Waals surface area (Å²) < 4.78 is 6.69. The molecule has 1 N–H and O–H groups in total. The van der Waals surface area contributed by atoms with Crippen molar-refractivity contribution in [2.24, 2.45) is 5.41 Å². The third kappa shape index (κ3) is 5.69. The van der Waals surface area contributed by atoms with Crippen molar-refractivity contribution < 1.29 is 9.53 Å². The summed E-state index contributed by atoms with van der Waals surface area (Å²) in [6, 6.07) is 2.44. The Balaban J connectivity index is 1.88. The van der Waals surface area contributed by atoms with Crippen LogP contribution in [0.3, 0.4) is 0 Å². The highest BCUT2D eigenvalue weighted by Gasteiger charge is 2.36. The molecular weight excluding hydrogens is 400 g/mol. The minimum Gasteiger partial charge on any atom is -0.444 e. The van der Waals surface area contributed by atoms with Gasteiger partial charge in [-0.05, 0) is 79.7 Å². The van der Waals surface area contributed by atoms with Crippen molar-refractivity contribution in [2.45, 2.75) is 65.5 Å². The van der Waals surface area contributed by atoms with Crippen LogP contribution in [-0.2, 0) is 4.74 Å². The molecule has 1 amide bonds. The zero-order valence-corrected chi connectivity index (χ0v) is 18.4. The van der Waals surface area contributed by atoms with Gasteiger partial charge < -0.3 is 15.0 Å². The molecule has 1 aliphatic rings. The van der Waals surface area contributed by atoms with Gasteiger partial charge in [0.05, 0.1) is 0 Å². The maximum absolute atomic E-state index is 12.3. The fourth-order valence-electron chi connectivity index (χ4n) is 3.22. The van der Waals surface area contributed by atoms with E-state index >= 15 is 0 Å². The number of likely N-dealkylation sites (tertiary alicyclic amines) is 1. The Hall–Kier alpha value is -0.590. The number of halogens is 1. The van der Waals surface area contributed by atoms with Crippen LogP contribution in [0.2, 0.25) is 0 Å². The first kappa shape index (κ1) is 20.7. The molecule has 25 heavy (non-hydrogen) atoms. The smallest absolute Gasteiger partial charge is 0.410 e. The van der Waals surface area contributed by atoms with Crippen LogP contribution >= 0.6 is 27.3 Å². The maximum Gasteiger partial charge on any atom is 0.410 e. The molecule has 1 unspecified atom stereocenters. The lowest BCUT2D eigenvalue weighted by Gasteiger charge is -2.42. The Morgan fingerprint density at radius 3 is 2.56 bits per heavy atom. The molecule has 1 aromatic rings. The molecule has 0 aromatic carbocycles. The second-order valence-electron chi connectivity index (χ2n) is 8.06. The third-order valence-electron chi connectivity index (χ3n) is 5.05. The van der Waals surface area contributed by atoms with E-state index in [1.54, 1.807) is 11.3 Å². The van der Waals surface area contributed by atoms with E-state index in [1.165, 1.54) is 9.35 Å². The molecule has 0 saturated carbocycles. The largest absolute Gasteiger partial charge is 0.444 e. The lowest BCUT2D eigenvalue weighted by molar-refractivity contribution is 0.00919. The molecule has 1 saturated heterocycles. The Labute approximate surface area is 164 Å². The Bertz CT molecular complexity index is 574. The van der Waals surface area contributed by atoms with E-state index < -0.39 is 5.60 Å². The molecule has 142 valence electrons. The molecule has 4 nitrogen and oxygen atoms in total. The second kappa shape index (κ2) is 8.40. The number of hydrogen-bond acceptors (Lipinski definition) is 4. The minimum atomic E-state index is -0.429. The van der Waals surface area contributed by atoms with Crippen LogP contribution in [0.5, 0.6) is 0 Å². The monoisotopic (exact) mass is 430 g/mol. The minimum absolute atomic E-state index is 0.180. The Morgan fingerprint density at radius 2 is 2.08 bits per heavy atom. The van der Waals surface area contributed by atoms with Crippen molar-refractivity contribution >= 4 is 33.4 Å². The van der Waals surface area contributed by atoms with Crippen molar-refractivity contribution in [1.82, 2.24) is 10.2 Å². The summed E-state index contributed by atoms with van der Waals surface area (Å²) in [6.45, 7) is 12.8. The van der Waals surface area contributed by atoms with E-state index in [2.05, 4.69) is 46.5 Å². The lowest BCUT2D eigenvalue weighted by atomic mass is 9.76. The first-order valence-corrected chi connectivity index (χ1v) is 10.8. The van der Waals surface area contributed by atoms with Gasteiger partial charge >= 0.3 is 6.09 Å². The summed E-state index contributed by atoms with van der Waals surface area (Å²) in [5.74, 6) is 0. The average molecular weight is 431 g/mol. The van der Waals surface area contributed by atoms with Gasteiger partial charge in [0.1, 0.15) is 5.60 Å². The summed E-state index contributed by atoms with van der Waals surface area (Å²) in [4.78, 5) is 15.5. The van der Waals surface area contributed by atoms with Gasteiger partial charge in [-0.1, -0.05) is 6.92 Å². The molecule has 0 bridgehead atoms. The topological polar surface area (TPSA) is 41.6 Å². The molecular formula is C19H31BrN2O2S. The van der Waals surface area contributed by atoms with Gasteiger partial charge in [0.15, 0.2) is 0 Å². The van der Waals surface area contributed by atoms with Crippen molar-refractivity contribution in [3.63, 3.8) is 0 Å². The maximum atomic E-state index is 12.3. The summed E-state index contributed by atoms with van der Waals surface area (Å²) in [7, 11) is 0. The van der Waals surface area contributed by atoms with Crippen LogP contribution in [-0.4, -0.2) is 36.2 Å². The van der Waals surface area contributed by atoms with Gasteiger partial charge in [-0.2, -0.15) is 0 Å². The number of ether oxygens (including phenoxy) is 1. The zero-order valence-electron chi connectivity index (χ0n) is 16.0. The van der Waals surface area contributed by atoms with Crippen LogP contribution in [0, 0.1) is 5.41 Å². The number of amides is 1. The molecule has 0 aliphatic carbocycles. The highest BCUT2D eigenvalue weighted by Crippen LogP contribution is 2.36. The average Bonchev–Trinajstić information content (AvgIpc) is 2.97. The number of hydrogen-bond donors (Lipinski definition) is 1. The first-order valence-electron chi connectivity index (χ1n) is 9.10. The van der Waals surface area contributed by atoms with Gasteiger partial charge in [0, 0.05) is 35.0 Å². The molecule has 6 heteroatoms. The number of piperidine rings is 1. The van der Waals surface area contributed by atoms with Crippen molar-refractivity contribution in [3.8, 4) is 0 Å². The van der Waals surface area contributed by atoms with Gasteiger partial charge in [-0.3, -0.25) is 0 Å². The van der Waals surface area contributed by atoms with E-state index in [-0.39, 0.29) is 11.5 Å². The van der Waals surface area contributed by atoms with Crippen LogP contribution in [0.4, 0.5) is 4.79 Å². The molecule has 0 radical (unpaired) electrons. The molecule has 1 aromatic heterocycles. The number of rotatable bonds is 5. The van der Waals surface area contributed by atoms with Crippen LogP contribution in [0.25, 0.3) is 0 Å². The predicted molar refractivity (Wildman–Crippen MR) is 108 cm³/mol. The molecule has 1 aliphatic heterocycles. The first-order chi connectivity index (χ1) is 11.7. The third-order valence-corrected chi connectivity index (χ3v) is 7.10. The van der Waals surface area contributed by atoms with E-state index in [9.17, 15) is 4.79 Å². The van der Waals surface area contributed by atoms with E-state index in [0.29, 0.717) is 6.04 Å². The number of thiophene rings is 1. The number of carbonyl (C=O) groups is 1. The molecule has 1 fully saturated rings. The fourth-order valence-corrected chi connectivity index (χ4v) is 4.97.